The van der Waals surface area contributed by atoms with E-state index in [0.29, 0.717) is 16.8 Å². The summed E-state index contributed by atoms with van der Waals surface area (Å²) in [5.41, 5.74) is 1.85. The van der Waals surface area contributed by atoms with Crippen LogP contribution in [0.2, 0.25) is 0 Å². The minimum atomic E-state index is -4.38. The first-order chi connectivity index (χ1) is 12.2. The van der Waals surface area contributed by atoms with E-state index in [9.17, 15) is 13.2 Å². The molecule has 132 valence electrons. The van der Waals surface area contributed by atoms with E-state index in [-0.39, 0.29) is 6.42 Å². The molecule has 0 atom stereocenters. The van der Waals surface area contributed by atoms with Crippen molar-refractivity contribution in [2.75, 3.05) is 0 Å². The van der Waals surface area contributed by atoms with Crippen molar-refractivity contribution < 1.29 is 13.2 Å². The summed E-state index contributed by atoms with van der Waals surface area (Å²) < 4.78 is 40.5. The van der Waals surface area contributed by atoms with Crippen molar-refractivity contribution in [2.45, 2.75) is 32.0 Å². The van der Waals surface area contributed by atoms with Crippen molar-refractivity contribution in [3.8, 4) is 0 Å². The van der Waals surface area contributed by atoms with Gasteiger partial charge in [0, 0.05) is 22.7 Å². The number of fused-ring (bicyclic) bond motifs is 2. The van der Waals surface area contributed by atoms with E-state index in [0.717, 1.165) is 22.5 Å². The largest absolute Gasteiger partial charge is 0.416 e. The Morgan fingerprint density at radius 2 is 1.81 bits per heavy atom. The first-order valence-corrected chi connectivity index (χ1v) is 8.39. The van der Waals surface area contributed by atoms with Gasteiger partial charge in [-0.25, -0.2) is 0 Å². The molecule has 1 aliphatic rings. The second-order valence-electron chi connectivity index (χ2n) is 7.19. The number of aromatic nitrogens is 1. The smallest absolute Gasteiger partial charge is 0.278 e. The highest BCUT2D eigenvalue weighted by molar-refractivity contribution is 6.15. The SMILES string of the molecule is CC1(C)Cc2c(cccc2C(F)(F)F)C(c2ccc3cccnc3c2)=N1. The summed E-state index contributed by atoms with van der Waals surface area (Å²) in [6.07, 6.45) is -2.42. The third-order valence-electron chi connectivity index (χ3n) is 4.64. The van der Waals surface area contributed by atoms with E-state index < -0.39 is 17.3 Å². The number of alkyl halides is 3. The molecule has 4 rings (SSSR count). The van der Waals surface area contributed by atoms with Crippen LogP contribution in [0.4, 0.5) is 13.2 Å². The van der Waals surface area contributed by atoms with Crippen LogP contribution in [-0.2, 0) is 12.6 Å². The molecule has 0 bridgehead atoms. The second kappa shape index (κ2) is 5.66. The molecule has 0 N–H and O–H groups in total. The molecule has 1 aromatic heterocycles. The van der Waals surface area contributed by atoms with Gasteiger partial charge in [0.15, 0.2) is 0 Å². The Labute approximate surface area is 149 Å². The molecule has 0 aliphatic carbocycles. The first kappa shape index (κ1) is 16.8. The number of nitrogens with zero attached hydrogens (tertiary/aromatic N) is 2. The van der Waals surface area contributed by atoms with Crippen molar-refractivity contribution in [3.05, 3.63) is 77.0 Å². The summed E-state index contributed by atoms with van der Waals surface area (Å²) >= 11 is 0. The summed E-state index contributed by atoms with van der Waals surface area (Å²) in [4.78, 5) is 9.13. The van der Waals surface area contributed by atoms with Gasteiger partial charge in [-0.3, -0.25) is 9.98 Å². The second-order valence-corrected chi connectivity index (χ2v) is 7.19. The van der Waals surface area contributed by atoms with Crippen molar-refractivity contribution in [3.63, 3.8) is 0 Å². The van der Waals surface area contributed by atoms with Gasteiger partial charge in [0.1, 0.15) is 0 Å². The highest BCUT2D eigenvalue weighted by Crippen LogP contribution is 2.39. The van der Waals surface area contributed by atoms with Crippen molar-refractivity contribution >= 4 is 16.6 Å². The van der Waals surface area contributed by atoms with Gasteiger partial charge in [0.2, 0.25) is 0 Å². The Hall–Kier alpha value is -2.69. The molecule has 2 nitrogen and oxygen atoms in total. The molecule has 0 unspecified atom stereocenters. The van der Waals surface area contributed by atoms with Gasteiger partial charge in [-0.15, -0.1) is 0 Å². The molecule has 0 saturated heterocycles. The average molecular weight is 354 g/mol. The zero-order chi connectivity index (χ0) is 18.5. The van der Waals surface area contributed by atoms with E-state index >= 15 is 0 Å². The standard InChI is InChI=1S/C21H17F3N2/c1-20(2)12-16-15(6-3-7-17(16)21(22,23)24)19(26-20)14-9-8-13-5-4-10-25-18(13)11-14/h3-11H,12H2,1-2H3. The molecular weight excluding hydrogens is 337 g/mol. The van der Waals surface area contributed by atoms with Crippen LogP contribution < -0.4 is 0 Å². The molecule has 0 radical (unpaired) electrons. The molecule has 26 heavy (non-hydrogen) atoms. The van der Waals surface area contributed by atoms with Gasteiger partial charge in [0.25, 0.3) is 0 Å². The number of halogens is 3. The highest BCUT2D eigenvalue weighted by atomic mass is 19.4. The Kier molecular flexibility index (Phi) is 3.65. The maximum Gasteiger partial charge on any atom is 0.416 e. The summed E-state index contributed by atoms with van der Waals surface area (Å²) in [6.45, 7) is 3.73. The van der Waals surface area contributed by atoms with E-state index in [1.54, 1.807) is 12.3 Å². The fourth-order valence-electron chi connectivity index (χ4n) is 3.53. The normalized spacial score (nSPS) is 16.3. The van der Waals surface area contributed by atoms with Crippen molar-refractivity contribution in [1.82, 2.24) is 4.98 Å². The van der Waals surface area contributed by atoms with E-state index in [1.165, 1.54) is 6.07 Å². The third kappa shape index (κ3) is 2.87. The molecule has 5 heteroatoms. The minimum absolute atomic E-state index is 0.257. The monoisotopic (exact) mass is 354 g/mol. The number of hydrogen-bond acceptors (Lipinski definition) is 2. The summed E-state index contributed by atoms with van der Waals surface area (Å²) in [5, 5.41) is 0.983. The Morgan fingerprint density at radius 1 is 1.00 bits per heavy atom. The van der Waals surface area contributed by atoms with Gasteiger partial charge in [-0.2, -0.15) is 13.2 Å². The summed E-state index contributed by atoms with van der Waals surface area (Å²) in [6, 6.07) is 13.8. The van der Waals surface area contributed by atoms with Crippen LogP contribution in [0.1, 0.15) is 36.1 Å². The van der Waals surface area contributed by atoms with E-state index in [4.69, 9.17) is 4.99 Å². The van der Waals surface area contributed by atoms with Gasteiger partial charge in [-0.05, 0) is 44.0 Å². The number of hydrogen-bond donors (Lipinski definition) is 0. The summed E-state index contributed by atoms with van der Waals surface area (Å²) in [5.74, 6) is 0. The number of pyridine rings is 1. The minimum Gasteiger partial charge on any atom is -0.278 e. The lowest BCUT2D eigenvalue weighted by atomic mass is 9.82. The van der Waals surface area contributed by atoms with Crippen LogP contribution in [0, 0.1) is 0 Å². The molecule has 0 amide bonds. The lowest BCUT2D eigenvalue weighted by Gasteiger charge is -2.31. The van der Waals surface area contributed by atoms with Crippen LogP contribution in [-0.4, -0.2) is 16.2 Å². The Balaban J connectivity index is 1.95. The molecule has 2 aromatic carbocycles. The average Bonchev–Trinajstić information content (AvgIpc) is 2.58. The number of aliphatic imine (C=N–C) groups is 1. The fraction of sp³-hybridized carbons (Fsp3) is 0.238. The van der Waals surface area contributed by atoms with E-state index in [2.05, 4.69) is 4.98 Å². The molecule has 0 saturated carbocycles. The molecular formula is C21H17F3N2. The van der Waals surface area contributed by atoms with Crippen molar-refractivity contribution in [1.29, 1.82) is 0 Å². The quantitative estimate of drug-likeness (QED) is 0.572. The van der Waals surface area contributed by atoms with Crippen molar-refractivity contribution in [2.24, 2.45) is 4.99 Å². The predicted octanol–water partition coefficient (Wildman–Crippen LogP) is 5.43. The topological polar surface area (TPSA) is 25.2 Å². The molecule has 3 aromatic rings. The zero-order valence-corrected chi connectivity index (χ0v) is 14.4. The molecule has 1 aliphatic heterocycles. The van der Waals surface area contributed by atoms with Gasteiger partial charge < -0.3 is 0 Å². The third-order valence-corrected chi connectivity index (χ3v) is 4.64. The van der Waals surface area contributed by atoms with Crippen LogP contribution in [0.15, 0.2) is 59.7 Å². The zero-order valence-electron chi connectivity index (χ0n) is 14.4. The van der Waals surface area contributed by atoms with E-state index in [1.807, 2.05) is 44.2 Å². The lowest BCUT2D eigenvalue weighted by Crippen LogP contribution is -2.31. The number of benzene rings is 2. The lowest BCUT2D eigenvalue weighted by molar-refractivity contribution is -0.138. The Bertz CT molecular complexity index is 1030. The number of rotatable bonds is 1. The van der Waals surface area contributed by atoms with Crippen LogP contribution >= 0.6 is 0 Å². The Morgan fingerprint density at radius 3 is 2.58 bits per heavy atom. The fourth-order valence-corrected chi connectivity index (χ4v) is 3.53. The highest BCUT2D eigenvalue weighted by Gasteiger charge is 2.38. The predicted molar refractivity (Wildman–Crippen MR) is 96.6 cm³/mol. The van der Waals surface area contributed by atoms with Gasteiger partial charge >= 0.3 is 6.18 Å². The van der Waals surface area contributed by atoms with Crippen LogP contribution in [0.25, 0.3) is 10.9 Å². The molecule has 2 heterocycles. The van der Waals surface area contributed by atoms with Crippen LogP contribution in [0.3, 0.4) is 0 Å². The first-order valence-electron chi connectivity index (χ1n) is 8.39. The summed E-state index contributed by atoms with van der Waals surface area (Å²) in [7, 11) is 0. The van der Waals surface area contributed by atoms with Gasteiger partial charge in [-0.1, -0.05) is 30.3 Å². The van der Waals surface area contributed by atoms with Crippen LogP contribution in [0.5, 0.6) is 0 Å². The molecule has 0 spiro atoms. The molecule has 0 fully saturated rings. The maximum absolute atomic E-state index is 13.5. The van der Waals surface area contributed by atoms with Gasteiger partial charge in [0.05, 0.1) is 22.3 Å². The maximum atomic E-state index is 13.5.